The van der Waals surface area contributed by atoms with Crippen LogP contribution < -0.4 is 15.2 Å². The number of aryl methyl sites for hydroxylation is 2. The van der Waals surface area contributed by atoms with Crippen LogP contribution in [-0.2, 0) is 6.61 Å². The van der Waals surface area contributed by atoms with Crippen LogP contribution in [0.25, 0.3) is 0 Å². The quantitative estimate of drug-likeness (QED) is 0.285. The van der Waals surface area contributed by atoms with Crippen LogP contribution in [0.5, 0.6) is 11.5 Å². The third-order valence-corrected chi connectivity index (χ3v) is 7.52. The zero-order chi connectivity index (χ0) is 28.4. The highest BCUT2D eigenvalue weighted by atomic mass is 32.2. The number of para-hydroxylation sites is 1. The maximum absolute atomic E-state index is 13.8. The summed E-state index contributed by atoms with van der Waals surface area (Å²) in [6.07, 6.45) is 0. The molecule has 0 saturated carbocycles. The molecule has 1 unspecified atom stereocenters. The van der Waals surface area contributed by atoms with Crippen molar-refractivity contribution in [3.05, 3.63) is 118 Å². The van der Waals surface area contributed by atoms with Gasteiger partial charge in [0.15, 0.2) is 11.5 Å². The van der Waals surface area contributed by atoms with Gasteiger partial charge < -0.3 is 19.6 Å². The molecule has 2 amide bonds. The topological polar surface area (TPSA) is 107 Å². The number of furan rings is 1. The second kappa shape index (κ2) is 11.3. The first kappa shape index (κ1) is 27.0. The molecule has 0 bridgehead atoms. The number of carbonyl (C=O) groups excluding carboxylic acids is 2. The average molecular weight is 560 g/mol. The molecule has 2 heterocycles. The van der Waals surface area contributed by atoms with E-state index in [1.807, 2.05) is 12.1 Å². The van der Waals surface area contributed by atoms with Crippen LogP contribution in [0.2, 0.25) is 0 Å². The summed E-state index contributed by atoms with van der Waals surface area (Å²) >= 11 is 1.34. The van der Waals surface area contributed by atoms with Crippen molar-refractivity contribution >= 4 is 28.6 Å². The van der Waals surface area contributed by atoms with Crippen molar-refractivity contribution in [2.45, 2.75) is 25.8 Å². The molecular weight excluding hydrogens is 533 g/mol. The van der Waals surface area contributed by atoms with Gasteiger partial charge in [0.2, 0.25) is 5.91 Å². The van der Waals surface area contributed by atoms with E-state index in [2.05, 4.69) is 5.10 Å². The Morgan fingerprint density at radius 3 is 2.50 bits per heavy atom. The lowest BCUT2D eigenvalue weighted by molar-refractivity contribution is 0.0745. The van der Waals surface area contributed by atoms with Crippen LogP contribution in [0, 0.1) is 19.7 Å². The Morgan fingerprint density at radius 2 is 1.82 bits per heavy atom. The van der Waals surface area contributed by atoms with Gasteiger partial charge in [0, 0.05) is 16.7 Å². The highest BCUT2D eigenvalue weighted by Crippen LogP contribution is 2.48. The highest BCUT2D eigenvalue weighted by molar-refractivity contribution is 8.14. The molecule has 2 N–H and O–H groups in total. The first-order valence-electron chi connectivity index (χ1n) is 12.4. The van der Waals surface area contributed by atoms with Crippen LogP contribution in [0.4, 0.5) is 4.39 Å². The van der Waals surface area contributed by atoms with Gasteiger partial charge in [0.25, 0.3) is 5.91 Å². The van der Waals surface area contributed by atoms with Gasteiger partial charge in [-0.3, -0.25) is 9.59 Å². The monoisotopic (exact) mass is 559 g/mol. The fourth-order valence-electron chi connectivity index (χ4n) is 4.40. The van der Waals surface area contributed by atoms with Gasteiger partial charge in [-0.15, -0.1) is 0 Å². The molecular formula is C30H26FN3O5S. The van der Waals surface area contributed by atoms with E-state index in [1.165, 1.54) is 36.0 Å². The number of halogens is 1. The number of hydrogen-bond acceptors (Lipinski definition) is 7. The number of thioether (sulfide) groups is 1. The number of nitrogens with two attached hydrogens (primary N) is 1. The van der Waals surface area contributed by atoms with Gasteiger partial charge in [-0.05, 0) is 67.9 Å². The van der Waals surface area contributed by atoms with Crippen LogP contribution >= 0.6 is 11.8 Å². The van der Waals surface area contributed by atoms with E-state index in [-0.39, 0.29) is 18.3 Å². The normalized spacial score (nSPS) is 14.7. The average Bonchev–Trinajstić information content (AvgIpc) is 3.54. The van der Waals surface area contributed by atoms with Crippen molar-refractivity contribution < 1.29 is 27.9 Å². The van der Waals surface area contributed by atoms with Crippen molar-refractivity contribution in [2.24, 2.45) is 10.8 Å². The predicted molar refractivity (Wildman–Crippen MR) is 150 cm³/mol. The summed E-state index contributed by atoms with van der Waals surface area (Å²) in [5.41, 5.74) is 8.27. The summed E-state index contributed by atoms with van der Waals surface area (Å²) in [6.45, 7) is 3.66. The third kappa shape index (κ3) is 5.43. The van der Waals surface area contributed by atoms with Crippen LogP contribution in [0.1, 0.15) is 54.3 Å². The summed E-state index contributed by atoms with van der Waals surface area (Å²) in [6, 6.07) is 19.9. The fraction of sp³-hybridized carbons (Fsp3) is 0.167. The molecule has 8 nitrogen and oxygen atoms in total. The number of nitrogens with zero attached hydrogens (tertiary/aromatic N) is 2. The lowest BCUT2D eigenvalue weighted by atomic mass is 10.1. The number of methoxy groups -OCH3 is 1. The molecule has 40 heavy (non-hydrogen) atoms. The van der Waals surface area contributed by atoms with Gasteiger partial charge in [0.1, 0.15) is 34.4 Å². The Kier molecular flexibility index (Phi) is 7.61. The van der Waals surface area contributed by atoms with Gasteiger partial charge in [-0.2, -0.15) is 5.10 Å². The van der Waals surface area contributed by atoms with E-state index < -0.39 is 11.3 Å². The SMILES string of the molecule is COc1c(OCc2cccc(C(N)=O)c2)cccc1C1SC(c2ccc(F)cc2)=NN1C(=O)c1cc(C)oc1C. The number of hydrazone groups is 1. The zero-order valence-corrected chi connectivity index (χ0v) is 22.8. The minimum Gasteiger partial charge on any atom is -0.492 e. The minimum atomic E-state index is -0.612. The molecule has 3 aromatic carbocycles. The maximum atomic E-state index is 13.8. The van der Waals surface area contributed by atoms with Crippen LogP contribution in [0.15, 0.2) is 82.3 Å². The number of primary amides is 1. The van der Waals surface area contributed by atoms with E-state index in [9.17, 15) is 14.0 Å². The van der Waals surface area contributed by atoms with Crippen molar-refractivity contribution in [2.75, 3.05) is 7.11 Å². The molecule has 0 spiro atoms. The van der Waals surface area contributed by atoms with Crippen molar-refractivity contribution in [3.63, 3.8) is 0 Å². The fourth-order valence-corrected chi connectivity index (χ4v) is 5.57. The standard InChI is InChI=1S/C30H26FN3O5S/c1-17-14-24(18(2)39-17)29(36)34-30(40-28(33-34)20-10-12-22(31)13-11-20)23-8-5-9-25(26(23)37-3)38-16-19-6-4-7-21(15-19)27(32)35/h4-15,30H,16H2,1-3H3,(H2,32,35). The Balaban J connectivity index is 1.50. The molecule has 4 aromatic rings. The molecule has 1 aliphatic rings. The van der Waals surface area contributed by atoms with Crippen molar-refractivity contribution in [1.29, 1.82) is 0 Å². The number of hydrogen-bond donors (Lipinski definition) is 1. The third-order valence-electron chi connectivity index (χ3n) is 6.30. The number of ether oxygens (including phenoxy) is 2. The van der Waals surface area contributed by atoms with E-state index in [4.69, 9.17) is 19.6 Å². The molecule has 204 valence electrons. The molecule has 1 aliphatic heterocycles. The minimum absolute atomic E-state index is 0.159. The zero-order valence-electron chi connectivity index (χ0n) is 22.0. The first-order valence-corrected chi connectivity index (χ1v) is 13.2. The second-order valence-electron chi connectivity index (χ2n) is 9.09. The molecule has 0 saturated heterocycles. The molecule has 1 aromatic heterocycles. The number of benzene rings is 3. The Hall–Kier alpha value is -4.57. The number of amides is 2. The molecule has 0 radical (unpaired) electrons. The molecule has 10 heteroatoms. The van der Waals surface area contributed by atoms with E-state index in [1.54, 1.807) is 62.4 Å². The summed E-state index contributed by atoms with van der Waals surface area (Å²) in [7, 11) is 1.52. The van der Waals surface area contributed by atoms with E-state index in [0.29, 0.717) is 50.3 Å². The van der Waals surface area contributed by atoms with Gasteiger partial charge >= 0.3 is 0 Å². The maximum Gasteiger partial charge on any atom is 0.278 e. The first-order chi connectivity index (χ1) is 19.2. The largest absolute Gasteiger partial charge is 0.492 e. The molecule has 1 atom stereocenters. The molecule has 0 fully saturated rings. The van der Waals surface area contributed by atoms with Crippen LogP contribution in [-0.4, -0.2) is 29.0 Å². The second-order valence-corrected chi connectivity index (χ2v) is 10.2. The van der Waals surface area contributed by atoms with Crippen LogP contribution in [0.3, 0.4) is 0 Å². The highest BCUT2D eigenvalue weighted by Gasteiger charge is 2.38. The predicted octanol–water partition coefficient (Wildman–Crippen LogP) is 5.97. The summed E-state index contributed by atoms with van der Waals surface area (Å²) in [5.74, 6) is 0.737. The summed E-state index contributed by atoms with van der Waals surface area (Å²) in [4.78, 5) is 25.3. The Bertz CT molecular complexity index is 1620. The molecule has 0 aliphatic carbocycles. The van der Waals surface area contributed by atoms with E-state index >= 15 is 0 Å². The smallest absolute Gasteiger partial charge is 0.278 e. The number of rotatable bonds is 8. The lowest BCUT2D eigenvalue weighted by Crippen LogP contribution is -2.26. The Labute approximate surface area is 234 Å². The van der Waals surface area contributed by atoms with Gasteiger partial charge in [-0.25, -0.2) is 9.40 Å². The number of carbonyl (C=O) groups is 2. The van der Waals surface area contributed by atoms with Crippen molar-refractivity contribution in [3.8, 4) is 11.5 Å². The Morgan fingerprint density at radius 1 is 1.07 bits per heavy atom. The van der Waals surface area contributed by atoms with Gasteiger partial charge in [0.05, 0.1) is 12.7 Å². The van der Waals surface area contributed by atoms with Gasteiger partial charge in [-0.1, -0.05) is 36.0 Å². The van der Waals surface area contributed by atoms with E-state index in [0.717, 1.165) is 5.56 Å². The van der Waals surface area contributed by atoms with Crippen molar-refractivity contribution in [1.82, 2.24) is 5.01 Å². The summed E-state index contributed by atoms with van der Waals surface area (Å²) in [5, 5.41) is 5.98. The lowest BCUT2D eigenvalue weighted by Gasteiger charge is -2.23. The summed E-state index contributed by atoms with van der Waals surface area (Å²) < 4.78 is 31.1. The molecule has 5 rings (SSSR count).